The maximum atomic E-state index is 13.1. The van der Waals surface area contributed by atoms with Crippen molar-refractivity contribution >= 4 is 23.9 Å². The van der Waals surface area contributed by atoms with Gasteiger partial charge in [-0.3, -0.25) is 14.4 Å². The second-order valence-electron chi connectivity index (χ2n) is 18.1. The molecule has 1 fully saturated rings. The van der Waals surface area contributed by atoms with Gasteiger partial charge in [-0.05, 0) is 116 Å². The average Bonchev–Trinajstić information content (AvgIpc) is 3.37. The zero-order valence-electron chi connectivity index (χ0n) is 44.8. The summed E-state index contributed by atoms with van der Waals surface area (Å²) < 4.78 is 28.2. The first-order chi connectivity index (χ1) is 35.6. The number of aliphatic carboxylic acids is 1. The first-order valence-corrected chi connectivity index (χ1v) is 27.5. The highest BCUT2D eigenvalue weighted by atomic mass is 16.7. The van der Waals surface area contributed by atoms with Gasteiger partial charge in [-0.2, -0.15) is 0 Å². The van der Waals surface area contributed by atoms with Gasteiger partial charge < -0.3 is 39.0 Å². The van der Waals surface area contributed by atoms with Crippen LogP contribution in [-0.4, -0.2) is 89.2 Å². The Kier molecular flexibility index (Phi) is 43.6. The van der Waals surface area contributed by atoms with Gasteiger partial charge in [-0.15, -0.1) is 0 Å². The van der Waals surface area contributed by atoms with Crippen LogP contribution in [-0.2, 0) is 42.9 Å². The lowest BCUT2D eigenvalue weighted by molar-refractivity contribution is -0.301. The molecule has 12 nitrogen and oxygen atoms in total. The Morgan fingerprint density at radius 1 is 0.466 bits per heavy atom. The number of allylic oxidation sites excluding steroid dienone is 20. The second-order valence-corrected chi connectivity index (χ2v) is 18.1. The lowest BCUT2D eigenvalue weighted by atomic mass is 9.98. The summed E-state index contributed by atoms with van der Waals surface area (Å²) in [7, 11) is 0. The van der Waals surface area contributed by atoms with Crippen molar-refractivity contribution in [1.29, 1.82) is 0 Å². The van der Waals surface area contributed by atoms with Gasteiger partial charge in [0, 0.05) is 19.3 Å². The van der Waals surface area contributed by atoms with Gasteiger partial charge in [0.05, 0.1) is 6.61 Å². The van der Waals surface area contributed by atoms with Crippen LogP contribution in [0.3, 0.4) is 0 Å². The van der Waals surface area contributed by atoms with Crippen molar-refractivity contribution in [1.82, 2.24) is 0 Å². The summed E-state index contributed by atoms with van der Waals surface area (Å²) in [6.45, 7) is 5.60. The summed E-state index contributed by atoms with van der Waals surface area (Å²) in [5, 5.41) is 31.4. The molecule has 0 aromatic rings. The van der Waals surface area contributed by atoms with Gasteiger partial charge in [0.2, 0.25) is 0 Å². The molecule has 0 aromatic heterocycles. The Morgan fingerprint density at radius 3 is 1.37 bits per heavy atom. The van der Waals surface area contributed by atoms with Gasteiger partial charge >= 0.3 is 23.9 Å². The number of unbranched alkanes of at least 4 members (excludes halogenated alkanes) is 10. The van der Waals surface area contributed by atoms with E-state index in [4.69, 9.17) is 23.7 Å². The molecule has 410 valence electrons. The van der Waals surface area contributed by atoms with E-state index < -0.39 is 67.3 Å². The molecule has 6 atom stereocenters. The van der Waals surface area contributed by atoms with Crippen molar-refractivity contribution in [3.63, 3.8) is 0 Å². The predicted octanol–water partition coefficient (Wildman–Crippen LogP) is 13.7. The summed E-state index contributed by atoms with van der Waals surface area (Å²) in [4.78, 5) is 50.9. The molecular formula is C61H94O12. The smallest absolute Gasteiger partial charge is 0.335 e. The summed E-state index contributed by atoms with van der Waals surface area (Å²) in [6.07, 6.45) is 53.3. The van der Waals surface area contributed by atoms with Gasteiger partial charge in [0.1, 0.15) is 18.8 Å². The molecule has 1 saturated heterocycles. The van der Waals surface area contributed by atoms with E-state index in [2.05, 4.69) is 130 Å². The van der Waals surface area contributed by atoms with E-state index >= 15 is 0 Å². The first kappa shape index (κ1) is 66.1. The molecule has 1 aliphatic rings. The van der Waals surface area contributed by atoms with Gasteiger partial charge in [-0.25, -0.2) is 4.79 Å². The Labute approximate surface area is 439 Å². The topological polar surface area (TPSA) is 175 Å². The molecule has 1 aliphatic heterocycles. The Hall–Kier alpha value is -4.88. The maximum absolute atomic E-state index is 13.1. The number of hydrogen-bond acceptors (Lipinski definition) is 11. The van der Waals surface area contributed by atoms with Crippen LogP contribution in [0.4, 0.5) is 0 Å². The highest BCUT2D eigenvalue weighted by Gasteiger charge is 2.50. The highest BCUT2D eigenvalue weighted by molar-refractivity contribution is 5.74. The number of carbonyl (C=O) groups is 4. The van der Waals surface area contributed by atoms with Crippen LogP contribution in [0.1, 0.15) is 188 Å². The minimum atomic E-state index is -1.93. The lowest BCUT2D eigenvalue weighted by Gasteiger charge is -2.40. The van der Waals surface area contributed by atoms with Gasteiger partial charge in [-0.1, -0.05) is 174 Å². The second kappa shape index (κ2) is 48.1. The Balaban J connectivity index is 2.78. The van der Waals surface area contributed by atoms with E-state index in [9.17, 15) is 34.5 Å². The number of aliphatic hydroxyl groups is 2. The normalized spacial score (nSPS) is 19.3. The number of rotatable bonds is 44. The molecule has 0 aliphatic carbocycles. The summed E-state index contributed by atoms with van der Waals surface area (Å²) >= 11 is 0. The maximum Gasteiger partial charge on any atom is 0.335 e. The van der Waals surface area contributed by atoms with Crippen LogP contribution in [0.5, 0.6) is 0 Å². The third kappa shape index (κ3) is 38.4. The quantitative estimate of drug-likeness (QED) is 0.0228. The Morgan fingerprint density at radius 2 is 0.877 bits per heavy atom. The van der Waals surface area contributed by atoms with E-state index in [0.29, 0.717) is 25.7 Å². The molecule has 0 amide bonds. The third-order valence-corrected chi connectivity index (χ3v) is 11.5. The number of ether oxygens (including phenoxy) is 5. The van der Waals surface area contributed by atoms with Crippen LogP contribution in [0.15, 0.2) is 122 Å². The number of carbonyl (C=O) groups excluding carboxylic acids is 3. The van der Waals surface area contributed by atoms with Crippen molar-refractivity contribution in [2.45, 2.75) is 225 Å². The number of carboxylic acid groups (broad SMARTS) is 1. The summed E-state index contributed by atoms with van der Waals surface area (Å²) in [5.74, 6) is -3.28. The largest absolute Gasteiger partial charge is 0.479 e. The van der Waals surface area contributed by atoms with Crippen molar-refractivity contribution in [2.75, 3.05) is 13.2 Å². The molecule has 0 bridgehead atoms. The predicted molar refractivity (Wildman–Crippen MR) is 293 cm³/mol. The van der Waals surface area contributed by atoms with Crippen molar-refractivity contribution < 1.29 is 58.2 Å². The number of hydrogen-bond donors (Lipinski definition) is 3. The molecule has 12 heteroatoms. The van der Waals surface area contributed by atoms with Crippen molar-refractivity contribution in [3.8, 4) is 0 Å². The molecule has 3 N–H and O–H groups in total. The van der Waals surface area contributed by atoms with E-state index in [-0.39, 0.29) is 25.9 Å². The Bertz CT molecular complexity index is 1730. The first-order valence-electron chi connectivity index (χ1n) is 27.5. The zero-order valence-corrected chi connectivity index (χ0v) is 44.8. The molecule has 0 saturated carbocycles. The summed E-state index contributed by atoms with van der Waals surface area (Å²) in [6, 6.07) is 0. The molecule has 0 spiro atoms. The average molecular weight is 1020 g/mol. The monoisotopic (exact) mass is 1020 g/mol. The zero-order chi connectivity index (χ0) is 53.3. The fourth-order valence-corrected chi connectivity index (χ4v) is 7.34. The minimum absolute atomic E-state index is 0.0291. The molecular weight excluding hydrogens is 925 g/mol. The number of carboxylic acids is 1. The van der Waals surface area contributed by atoms with Crippen molar-refractivity contribution in [3.05, 3.63) is 122 Å². The van der Waals surface area contributed by atoms with E-state index in [1.54, 1.807) is 0 Å². The van der Waals surface area contributed by atoms with E-state index in [1.807, 2.05) is 12.2 Å². The van der Waals surface area contributed by atoms with Crippen molar-refractivity contribution in [2.24, 2.45) is 0 Å². The lowest BCUT2D eigenvalue weighted by Crippen LogP contribution is -2.61. The number of esters is 3. The molecule has 1 rings (SSSR count). The molecule has 0 aromatic carbocycles. The summed E-state index contributed by atoms with van der Waals surface area (Å²) in [5.41, 5.74) is 0. The standard InChI is InChI=1S/C61H94O12/c1-4-7-10-13-16-19-22-25-26-27-28-31-34-37-40-43-46-49-55(64)72-59-57(66)56(65)58(60(67)68)73-61(59)70-51-52(71-54(63)48-45-42-39-36-33-30-24-21-18-15-12-9-6-3)50-69-53(62)47-44-41-38-35-32-29-23-20-17-14-11-8-5-2/h7-8,10-12,15-17,19-21,24-26,28-29,31-32,37,40,52,56-59,61,65-66H,4-6,9,13-14,18,22-23,27,30,33-36,38-39,41-51H2,1-3H3,(H,67,68)/b10-7-,11-8-,15-12-,19-16-,20-17-,24-21-,26-25-,31-28-,32-29-,40-37-. The fourth-order valence-electron chi connectivity index (χ4n) is 7.34. The van der Waals surface area contributed by atoms with E-state index in [1.165, 1.54) is 0 Å². The van der Waals surface area contributed by atoms with Crippen LogP contribution < -0.4 is 0 Å². The van der Waals surface area contributed by atoms with Crippen LogP contribution in [0, 0.1) is 0 Å². The van der Waals surface area contributed by atoms with Crippen LogP contribution in [0.25, 0.3) is 0 Å². The molecule has 73 heavy (non-hydrogen) atoms. The van der Waals surface area contributed by atoms with Gasteiger partial charge in [0.15, 0.2) is 24.6 Å². The minimum Gasteiger partial charge on any atom is -0.479 e. The van der Waals surface area contributed by atoms with Gasteiger partial charge in [0.25, 0.3) is 0 Å². The highest BCUT2D eigenvalue weighted by Crippen LogP contribution is 2.26. The number of aliphatic hydroxyl groups excluding tert-OH is 2. The molecule has 1 heterocycles. The third-order valence-electron chi connectivity index (χ3n) is 11.5. The van der Waals surface area contributed by atoms with Crippen LogP contribution in [0.2, 0.25) is 0 Å². The molecule has 6 unspecified atom stereocenters. The fraction of sp³-hybridized carbons (Fsp3) is 0.607. The SMILES string of the molecule is CC/C=C\C/C=C\C/C=C\C/C=C\C/C=C\CCCC(=O)OC1C(OCC(COC(=O)CCCCC/C=C\C/C=C\C/C=C\CC)OC(=O)CCCCCCC/C=C\C/C=C\CCC)OC(C(=O)O)C(O)C1O. The van der Waals surface area contributed by atoms with E-state index in [0.717, 1.165) is 122 Å². The van der Waals surface area contributed by atoms with Crippen LogP contribution >= 0.6 is 0 Å². The molecule has 0 radical (unpaired) electrons.